The molecule has 12 aromatic rings. The van der Waals surface area contributed by atoms with Crippen molar-refractivity contribution in [3.05, 3.63) is 309 Å². The highest BCUT2D eigenvalue weighted by Crippen LogP contribution is 2.33. The van der Waals surface area contributed by atoms with E-state index in [0.29, 0.717) is 23.0 Å². The molecule has 0 bridgehead atoms. The molecule has 0 aliphatic rings. The highest BCUT2D eigenvalue weighted by atomic mass is 14.9. The molecule has 0 saturated carbocycles. The zero-order valence-corrected chi connectivity index (χ0v) is 58.0. The number of aryl methyl sites for hydroxylation is 14. The first-order valence-corrected chi connectivity index (χ1v) is 32.6. The largest absolute Gasteiger partial charge is 0.212 e. The zero-order valence-electron chi connectivity index (χ0n) is 64.0. The molecule has 0 amide bonds. The SMILES string of the molecule is Cc1cc(C)cc(-c2ccc(-c3ccccc3C)[n+](C)c2)c1.Cc1ccccc1-c1ccc(-c2cc(C(C)C)cc(C(C)C)c2)c[n+]1C.[2H]C([2H])([2H])c1c(C)cc(-c2ccc(-c3ccccc3C)[n+](C)c2)cc1C.[2H]C([2H])([2H])c1ccc(-c2ccc(-c3ccccc3C)[n+](C)c2)cc1C. The van der Waals surface area contributed by atoms with Crippen molar-refractivity contribution in [2.45, 2.75) is 116 Å². The Bertz CT molecular complexity index is 4810. The number of pyridine rings is 4. The molecular formula is C89H98N4+4. The fraction of sp³-hybridized carbons (Fsp3) is 0.236. The summed E-state index contributed by atoms with van der Waals surface area (Å²) in [6, 6.07) is 74.4. The molecule has 0 fully saturated rings. The molecule has 4 nitrogen and oxygen atoms in total. The van der Waals surface area contributed by atoms with Crippen molar-refractivity contribution >= 4 is 0 Å². The fourth-order valence-electron chi connectivity index (χ4n) is 12.3. The lowest BCUT2D eigenvalue weighted by Gasteiger charge is -2.14. The Morgan fingerprint density at radius 3 is 0.860 bits per heavy atom. The summed E-state index contributed by atoms with van der Waals surface area (Å²) in [6.45, 7) is 23.4. The Morgan fingerprint density at radius 2 is 0.559 bits per heavy atom. The van der Waals surface area contributed by atoms with E-state index in [0.717, 1.165) is 50.3 Å². The molecule has 12 rings (SSSR count). The van der Waals surface area contributed by atoms with E-state index in [1.807, 2.05) is 77.3 Å². The van der Waals surface area contributed by atoms with E-state index < -0.39 is 13.7 Å². The average molecular weight is 1230 g/mol. The van der Waals surface area contributed by atoms with Crippen LogP contribution in [-0.4, -0.2) is 0 Å². The highest BCUT2D eigenvalue weighted by molar-refractivity contribution is 5.72. The van der Waals surface area contributed by atoms with Gasteiger partial charge in [-0.3, -0.25) is 0 Å². The van der Waals surface area contributed by atoms with Gasteiger partial charge in [0.1, 0.15) is 28.2 Å². The number of rotatable bonds is 10. The van der Waals surface area contributed by atoms with Gasteiger partial charge in [-0.1, -0.05) is 178 Å². The van der Waals surface area contributed by atoms with Crippen molar-refractivity contribution in [3.8, 4) is 89.5 Å². The van der Waals surface area contributed by atoms with E-state index in [4.69, 9.17) is 8.22 Å². The smallest absolute Gasteiger partial charge is 0.200 e. The molecule has 4 heteroatoms. The van der Waals surface area contributed by atoms with Crippen LogP contribution in [0, 0.1) is 76.0 Å². The molecule has 0 radical (unpaired) electrons. The predicted molar refractivity (Wildman–Crippen MR) is 394 cm³/mol. The summed E-state index contributed by atoms with van der Waals surface area (Å²) < 4.78 is 54.7. The zero-order chi connectivity index (χ0) is 71.8. The monoisotopic (exact) mass is 1230 g/mol. The topological polar surface area (TPSA) is 15.5 Å². The fourth-order valence-corrected chi connectivity index (χ4v) is 12.3. The van der Waals surface area contributed by atoms with Crippen molar-refractivity contribution < 1.29 is 26.5 Å². The molecule has 4 heterocycles. The van der Waals surface area contributed by atoms with Crippen LogP contribution < -0.4 is 18.3 Å². The maximum absolute atomic E-state index is 7.74. The first kappa shape index (κ1) is 59.7. The Kier molecular flexibility index (Phi) is 19.4. The lowest BCUT2D eigenvalue weighted by atomic mass is 9.91. The number of benzene rings is 8. The van der Waals surface area contributed by atoms with E-state index in [1.54, 1.807) is 6.07 Å². The van der Waals surface area contributed by atoms with Crippen molar-refractivity contribution in [1.29, 1.82) is 0 Å². The number of nitrogens with zero attached hydrogens (tertiary/aromatic N) is 4. The van der Waals surface area contributed by atoms with Gasteiger partial charge in [0.05, 0.1) is 0 Å². The molecule has 0 aliphatic heterocycles. The van der Waals surface area contributed by atoms with Gasteiger partial charge in [0, 0.05) is 77.0 Å². The van der Waals surface area contributed by atoms with Crippen LogP contribution >= 0.6 is 0 Å². The van der Waals surface area contributed by atoms with Crippen molar-refractivity contribution in [2.24, 2.45) is 28.2 Å². The predicted octanol–water partition coefficient (Wildman–Crippen LogP) is 21.0. The van der Waals surface area contributed by atoms with Gasteiger partial charge < -0.3 is 0 Å². The average Bonchev–Trinajstić information content (AvgIpc) is 0.802. The van der Waals surface area contributed by atoms with E-state index >= 15 is 0 Å². The lowest BCUT2D eigenvalue weighted by molar-refractivity contribution is -0.660. The second kappa shape index (κ2) is 30.2. The maximum atomic E-state index is 7.74. The van der Waals surface area contributed by atoms with Gasteiger partial charge in [-0.25, -0.2) is 18.3 Å². The molecule has 0 spiro atoms. The molecule has 4 aromatic heterocycles. The van der Waals surface area contributed by atoms with Crippen LogP contribution in [0.4, 0.5) is 0 Å². The number of hydrogen-bond acceptors (Lipinski definition) is 0. The van der Waals surface area contributed by atoms with Crippen LogP contribution in [0.2, 0.25) is 0 Å². The molecule has 0 atom stereocenters. The quantitative estimate of drug-likeness (QED) is 0.121. The van der Waals surface area contributed by atoms with Crippen LogP contribution in [0.25, 0.3) is 89.5 Å². The minimum absolute atomic E-state index is 0.414. The third-order valence-electron chi connectivity index (χ3n) is 17.8. The molecule has 470 valence electrons. The number of aromatic nitrogens is 4. The molecule has 0 saturated heterocycles. The van der Waals surface area contributed by atoms with Crippen molar-refractivity contribution in [2.75, 3.05) is 0 Å². The van der Waals surface area contributed by atoms with Crippen LogP contribution in [0.15, 0.2) is 237 Å². The Hall–Kier alpha value is -9.64. The van der Waals surface area contributed by atoms with Crippen LogP contribution in [0.5, 0.6) is 0 Å². The van der Waals surface area contributed by atoms with E-state index in [2.05, 4.69) is 290 Å². The highest BCUT2D eigenvalue weighted by Gasteiger charge is 2.19. The summed E-state index contributed by atoms with van der Waals surface area (Å²) >= 11 is 0. The number of hydrogen-bond donors (Lipinski definition) is 0. The first-order valence-electron chi connectivity index (χ1n) is 35.6. The molecule has 0 aliphatic carbocycles. The van der Waals surface area contributed by atoms with Crippen molar-refractivity contribution in [1.82, 2.24) is 0 Å². The maximum Gasteiger partial charge on any atom is 0.212 e. The normalized spacial score (nSPS) is 12.2. The summed E-state index contributed by atoms with van der Waals surface area (Å²) in [5.74, 6) is 1.07. The van der Waals surface area contributed by atoms with Crippen molar-refractivity contribution in [3.63, 3.8) is 0 Å². The second-order valence-electron chi connectivity index (χ2n) is 26.0. The third kappa shape index (κ3) is 16.5. The summed E-state index contributed by atoms with van der Waals surface area (Å²) in [4.78, 5) is 0. The Morgan fingerprint density at radius 1 is 0.258 bits per heavy atom. The minimum Gasteiger partial charge on any atom is -0.200 e. The van der Waals surface area contributed by atoms with Gasteiger partial charge >= 0.3 is 0 Å². The van der Waals surface area contributed by atoms with Gasteiger partial charge in [-0.15, -0.1) is 0 Å². The van der Waals surface area contributed by atoms with E-state index in [1.165, 1.54) is 100 Å². The van der Waals surface area contributed by atoms with Gasteiger partial charge in [0.2, 0.25) is 22.8 Å². The molecule has 93 heavy (non-hydrogen) atoms. The van der Waals surface area contributed by atoms with Gasteiger partial charge in [-0.05, 0) is 220 Å². The van der Waals surface area contributed by atoms with E-state index in [9.17, 15) is 0 Å². The molecule has 0 N–H and O–H groups in total. The standard InChI is InChI=1S/C25H30N.C22H24N.2C21H22N/c1-17(2)21-13-22(18(3)4)15-23(14-21)20-11-12-25(26(6)16-20)24-10-8-7-9-19(24)5;1-15-8-6-7-9-21(15)22-11-10-19(14-23(22)5)20-12-16(2)18(4)17(3)13-20;1-15-11-16(2)13-19(12-15)18-9-10-21(22(4)14-18)20-8-6-5-7-17(20)3;1-15-9-10-18(13-17(15)3)19-11-12-21(22(4)14-19)20-8-6-5-7-16(20)2/h7-18H,1-6H3;6-14H,1-5H3;2*5-14H,1-4H3/q4*+1/i;4D3;;1D3. The lowest BCUT2D eigenvalue weighted by Crippen LogP contribution is -2.30. The Labute approximate surface area is 566 Å². The van der Waals surface area contributed by atoms with Crippen LogP contribution in [-0.2, 0) is 28.2 Å². The molecular weight excluding hydrogens is 1130 g/mol. The third-order valence-corrected chi connectivity index (χ3v) is 17.8. The van der Waals surface area contributed by atoms with Gasteiger partial charge in [0.15, 0.2) is 24.8 Å². The van der Waals surface area contributed by atoms with E-state index in [-0.39, 0.29) is 0 Å². The molecule has 0 unspecified atom stereocenters. The summed E-state index contributed by atoms with van der Waals surface area (Å²) in [5, 5.41) is 0. The first-order chi connectivity index (χ1) is 46.9. The van der Waals surface area contributed by atoms with Crippen LogP contribution in [0.1, 0.15) is 120 Å². The van der Waals surface area contributed by atoms with Crippen LogP contribution in [0.3, 0.4) is 0 Å². The summed E-state index contributed by atoms with van der Waals surface area (Å²) in [5.41, 5.74) is 33.0. The Balaban J connectivity index is 0.000000154. The van der Waals surface area contributed by atoms with Gasteiger partial charge in [0.25, 0.3) is 0 Å². The summed E-state index contributed by atoms with van der Waals surface area (Å²) in [7, 11) is 8.34. The molecule has 8 aromatic carbocycles. The summed E-state index contributed by atoms with van der Waals surface area (Å²) in [6.07, 6.45) is 8.66. The second-order valence-corrected chi connectivity index (χ2v) is 26.0. The minimum atomic E-state index is -2.08. The van der Waals surface area contributed by atoms with Gasteiger partial charge in [-0.2, -0.15) is 0 Å².